The highest BCUT2D eigenvalue weighted by Crippen LogP contribution is 2.43. The van der Waals surface area contributed by atoms with Crippen molar-refractivity contribution >= 4 is 7.82 Å². The number of nitrogens with zero attached hydrogens (tertiary/aromatic N) is 1. The first kappa shape index (κ1) is 39.7. The summed E-state index contributed by atoms with van der Waals surface area (Å²) in [7, 11) is 3.44. The van der Waals surface area contributed by atoms with Gasteiger partial charge in [0.1, 0.15) is 19.3 Å². The second-order valence-corrected chi connectivity index (χ2v) is 13.7. The standard InChI is InChI=1S/C32H66NO6P/c1-6-7-8-9-10-11-12-13-14-15-16-17-18-19-20-21-22-23-24-25-26-28-37-30-32(36-5)31-39-40(34,35)38-29-27-33(2,3)4/h17-18,32H,6-16,19-31H2,1-5H3/p+1/t32-/m1/s1. The van der Waals surface area contributed by atoms with E-state index in [1.807, 2.05) is 21.1 Å². The minimum absolute atomic E-state index is 0.0385. The summed E-state index contributed by atoms with van der Waals surface area (Å²) < 4.78 is 33.7. The first-order valence-corrected chi connectivity index (χ1v) is 17.9. The molecule has 1 unspecified atom stereocenters. The SMILES string of the molecule is CCCCCCCCCCCCC=CCCCCCCCCCOC[C@H](COP(=O)(O)OCC[N+](C)(C)C)OC. The molecular formula is C32H67NO6P+. The number of hydrogen-bond acceptors (Lipinski definition) is 5. The van der Waals surface area contributed by atoms with Gasteiger partial charge in [0.15, 0.2) is 0 Å². The molecule has 0 aromatic rings. The topological polar surface area (TPSA) is 74.2 Å². The highest BCUT2D eigenvalue weighted by Gasteiger charge is 2.24. The zero-order valence-corrected chi connectivity index (χ0v) is 28.0. The molecule has 8 heteroatoms. The number of quaternary nitrogens is 1. The first-order valence-electron chi connectivity index (χ1n) is 16.4. The Morgan fingerprint density at radius 2 is 1.15 bits per heavy atom. The Labute approximate surface area is 248 Å². The van der Waals surface area contributed by atoms with E-state index in [4.69, 9.17) is 18.5 Å². The van der Waals surface area contributed by atoms with Crippen LogP contribution in [-0.4, -0.2) is 76.7 Å². The first-order chi connectivity index (χ1) is 19.2. The molecule has 7 nitrogen and oxygen atoms in total. The van der Waals surface area contributed by atoms with E-state index in [0.29, 0.717) is 24.2 Å². The Morgan fingerprint density at radius 3 is 1.62 bits per heavy atom. The summed E-state index contributed by atoms with van der Waals surface area (Å²) in [6.45, 7) is 4.01. The fraction of sp³-hybridized carbons (Fsp3) is 0.938. The summed E-state index contributed by atoms with van der Waals surface area (Å²) >= 11 is 0. The number of rotatable bonds is 31. The third-order valence-electron chi connectivity index (χ3n) is 7.13. The van der Waals surface area contributed by atoms with Crippen molar-refractivity contribution in [2.45, 2.75) is 135 Å². The molecular weight excluding hydrogens is 525 g/mol. The lowest BCUT2D eigenvalue weighted by Gasteiger charge is -2.24. The third-order valence-corrected chi connectivity index (χ3v) is 8.11. The van der Waals surface area contributed by atoms with E-state index < -0.39 is 13.9 Å². The lowest BCUT2D eigenvalue weighted by Crippen LogP contribution is -2.37. The molecule has 0 fully saturated rings. The fourth-order valence-corrected chi connectivity index (χ4v) is 5.12. The van der Waals surface area contributed by atoms with Crippen LogP contribution in [0.3, 0.4) is 0 Å². The number of unbranched alkanes of at least 4 members (excludes halogenated alkanes) is 17. The van der Waals surface area contributed by atoms with Crippen LogP contribution in [0.1, 0.15) is 129 Å². The molecule has 0 saturated carbocycles. The maximum absolute atomic E-state index is 12.0. The molecule has 0 aliphatic carbocycles. The van der Waals surface area contributed by atoms with E-state index in [9.17, 15) is 9.46 Å². The van der Waals surface area contributed by atoms with Gasteiger partial charge in [-0.3, -0.25) is 9.05 Å². The Balaban J connectivity index is 3.46. The molecule has 240 valence electrons. The van der Waals surface area contributed by atoms with Gasteiger partial charge in [-0.15, -0.1) is 0 Å². The van der Waals surface area contributed by atoms with Crippen molar-refractivity contribution in [1.82, 2.24) is 0 Å². The second-order valence-electron chi connectivity index (χ2n) is 12.2. The molecule has 0 amide bonds. The van der Waals surface area contributed by atoms with E-state index in [2.05, 4.69) is 19.1 Å². The molecule has 0 aliphatic heterocycles. The molecule has 0 rings (SSSR count). The molecule has 40 heavy (non-hydrogen) atoms. The lowest BCUT2D eigenvalue weighted by molar-refractivity contribution is -0.870. The summed E-state index contributed by atoms with van der Waals surface area (Å²) in [5.41, 5.74) is 0. The summed E-state index contributed by atoms with van der Waals surface area (Å²) in [6, 6.07) is 0. The van der Waals surface area contributed by atoms with Gasteiger partial charge >= 0.3 is 7.82 Å². The van der Waals surface area contributed by atoms with Crippen molar-refractivity contribution < 1.29 is 32.5 Å². The Hall–Kier alpha value is -0.270. The van der Waals surface area contributed by atoms with Crippen LogP contribution in [0.2, 0.25) is 0 Å². The molecule has 1 N–H and O–H groups in total. The molecule has 0 aromatic carbocycles. The zero-order chi connectivity index (χ0) is 29.8. The third kappa shape index (κ3) is 30.7. The quantitative estimate of drug-likeness (QED) is 0.0375. The van der Waals surface area contributed by atoms with Gasteiger partial charge in [0, 0.05) is 13.7 Å². The Bertz CT molecular complexity index is 611. The van der Waals surface area contributed by atoms with Crippen LogP contribution >= 0.6 is 7.82 Å². The van der Waals surface area contributed by atoms with Gasteiger partial charge in [-0.1, -0.05) is 109 Å². The average molecular weight is 593 g/mol. The van der Waals surface area contributed by atoms with Crippen molar-refractivity contribution in [2.75, 3.05) is 61.2 Å². The van der Waals surface area contributed by atoms with Crippen LogP contribution in [0.5, 0.6) is 0 Å². The molecule has 0 spiro atoms. The predicted molar refractivity (Wildman–Crippen MR) is 169 cm³/mol. The molecule has 0 heterocycles. The van der Waals surface area contributed by atoms with E-state index in [-0.39, 0.29) is 13.2 Å². The molecule has 0 saturated heterocycles. The van der Waals surface area contributed by atoms with E-state index >= 15 is 0 Å². The van der Waals surface area contributed by atoms with Gasteiger partial charge in [-0.25, -0.2) is 4.57 Å². The van der Waals surface area contributed by atoms with E-state index in [1.165, 1.54) is 116 Å². The molecule has 0 radical (unpaired) electrons. The zero-order valence-electron chi connectivity index (χ0n) is 27.1. The van der Waals surface area contributed by atoms with Crippen molar-refractivity contribution in [3.63, 3.8) is 0 Å². The minimum atomic E-state index is -4.08. The van der Waals surface area contributed by atoms with Crippen LogP contribution in [0.15, 0.2) is 12.2 Å². The van der Waals surface area contributed by atoms with Gasteiger partial charge in [0.25, 0.3) is 0 Å². The Kier molecular flexibility index (Phi) is 27.4. The molecule has 2 atom stereocenters. The maximum Gasteiger partial charge on any atom is 0.472 e. The highest BCUT2D eigenvalue weighted by molar-refractivity contribution is 7.47. The Morgan fingerprint density at radius 1 is 0.675 bits per heavy atom. The van der Waals surface area contributed by atoms with Crippen LogP contribution in [-0.2, 0) is 23.1 Å². The number of hydrogen-bond donors (Lipinski definition) is 1. The number of phosphoric acid groups is 1. The second kappa shape index (κ2) is 27.6. The van der Waals surface area contributed by atoms with Crippen LogP contribution in [0.25, 0.3) is 0 Å². The number of likely N-dealkylation sites (N-methyl/N-ethyl adjacent to an activating group) is 1. The van der Waals surface area contributed by atoms with Crippen LogP contribution in [0, 0.1) is 0 Å². The summed E-state index contributed by atoms with van der Waals surface area (Å²) in [5, 5.41) is 0. The van der Waals surface area contributed by atoms with E-state index in [1.54, 1.807) is 7.11 Å². The fourth-order valence-electron chi connectivity index (χ4n) is 4.38. The van der Waals surface area contributed by atoms with Crippen LogP contribution in [0.4, 0.5) is 0 Å². The van der Waals surface area contributed by atoms with Crippen LogP contribution < -0.4 is 0 Å². The number of ether oxygens (including phenoxy) is 2. The maximum atomic E-state index is 12.0. The summed E-state index contributed by atoms with van der Waals surface area (Å²) in [4.78, 5) is 9.82. The largest absolute Gasteiger partial charge is 0.472 e. The van der Waals surface area contributed by atoms with Gasteiger partial charge in [0.2, 0.25) is 0 Å². The summed E-state index contributed by atoms with van der Waals surface area (Å²) in [6.07, 6.45) is 29.6. The smallest absolute Gasteiger partial charge is 0.379 e. The van der Waals surface area contributed by atoms with E-state index in [0.717, 1.165) is 6.42 Å². The number of phosphoric ester groups is 1. The number of allylic oxidation sites excluding steroid dienone is 2. The number of methoxy groups -OCH3 is 1. The molecule has 0 aliphatic rings. The van der Waals surface area contributed by atoms with Crippen molar-refractivity contribution in [3.8, 4) is 0 Å². The average Bonchev–Trinajstić information content (AvgIpc) is 2.90. The summed E-state index contributed by atoms with van der Waals surface area (Å²) in [5.74, 6) is 0. The van der Waals surface area contributed by atoms with Gasteiger partial charge in [-0.2, -0.15) is 0 Å². The highest BCUT2D eigenvalue weighted by atomic mass is 31.2. The van der Waals surface area contributed by atoms with Gasteiger partial charge < -0.3 is 18.9 Å². The van der Waals surface area contributed by atoms with Crippen molar-refractivity contribution in [2.24, 2.45) is 0 Å². The lowest BCUT2D eigenvalue weighted by atomic mass is 10.1. The van der Waals surface area contributed by atoms with Gasteiger partial charge in [0.05, 0.1) is 34.4 Å². The van der Waals surface area contributed by atoms with Crippen molar-refractivity contribution in [3.05, 3.63) is 12.2 Å². The predicted octanol–water partition coefficient (Wildman–Crippen LogP) is 8.85. The molecule has 0 aromatic heterocycles. The van der Waals surface area contributed by atoms with Crippen molar-refractivity contribution in [1.29, 1.82) is 0 Å². The normalized spacial score (nSPS) is 14.7. The van der Waals surface area contributed by atoms with Gasteiger partial charge in [-0.05, 0) is 32.1 Å². The molecule has 0 bridgehead atoms. The minimum Gasteiger partial charge on any atom is -0.379 e. The monoisotopic (exact) mass is 592 g/mol.